The van der Waals surface area contributed by atoms with E-state index < -0.39 is 41.8 Å². The number of fused-ring (bicyclic) bond motifs is 1. The molecule has 1 saturated heterocycles. The summed E-state index contributed by atoms with van der Waals surface area (Å²) in [6, 6.07) is 18.3. The molecule has 0 radical (unpaired) electrons. The van der Waals surface area contributed by atoms with Crippen LogP contribution in [0, 0.1) is 0 Å². The standard InChI is InChI=1S/C35H35ClN6O5/c1-35(2,3)47-28-16-21(27(43)17-29(37)44)10-13-24(28)33-40-31(20-8-11-22(36)12-9-20)32(25-18-39-26-7-5-4-6-23(25)26)42(33)34(46)41-15-14-38-30(45)19-41/h4-13,16,18,31-32,39H,14-15,17,19H2,1-3H3,(H2,37,44)(H,38,45)/t31-,32+/m0/s1. The van der Waals surface area contributed by atoms with Crippen LogP contribution in [0.25, 0.3) is 10.9 Å². The molecule has 3 heterocycles. The second-order valence-corrected chi connectivity index (χ2v) is 13.0. The Morgan fingerprint density at radius 3 is 2.51 bits per heavy atom. The molecule has 0 unspecified atom stereocenters. The minimum Gasteiger partial charge on any atom is -0.487 e. The number of amidine groups is 1. The molecule has 3 aromatic carbocycles. The lowest BCUT2D eigenvalue weighted by molar-refractivity contribution is -0.123. The number of carbonyl (C=O) groups is 4. The number of piperazine rings is 1. The van der Waals surface area contributed by atoms with E-state index >= 15 is 0 Å². The molecule has 242 valence electrons. The lowest BCUT2D eigenvalue weighted by Crippen LogP contribution is -2.55. The molecule has 2 aliphatic heterocycles. The monoisotopic (exact) mass is 654 g/mol. The van der Waals surface area contributed by atoms with Crippen molar-refractivity contribution in [2.45, 2.75) is 44.9 Å². The zero-order chi connectivity index (χ0) is 33.5. The Hall–Kier alpha value is -5.16. The number of para-hydroxylation sites is 1. The molecule has 6 rings (SSSR count). The van der Waals surface area contributed by atoms with Crippen molar-refractivity contribution in [3.05, 3.63) is 100 Å². The molecule has 0 aliphatic carbocycles. The van der Waals surface area contributed by atoms with Gasteiger partial charge in [-0.1, -0.05) is 48.0 Å². The number of aromatic amines is 1. The molecule has 2 atom stereocenters. The Kier molecular flexibility index (Phi) is 8.50. The summed E-state index contributed by atoms with van der Waals surface area (Å²) in [5, 5.41) is 4.26. The number of urea groups is 1. The zero-order valence-electron chi connectivity index (χ0n) is 26.2. The van der Waals surface area contributed by atoms with Gasteiger partial charge in [-0.3, -0.25) is 24.3 Å². The predicted octanol–water partition coefficient (Wildman–Crippen LogP) is 5.15. The highest BCUT2D eigenvalue weighted by molar-refractivity contribution is 6.30. The van der Waals surface area contributed by atoms with Gasteiger partial charge in [0.05, 0.1) is 18.0 Å². The minimum absolute atomic E-state index is 0.110. The van der Waals surface area contributed by atoms with Gasteiger partial charge in [0.15, 0.2) is 5.78 Å². The van der Waals surface area contributed by atoms with Crippen LogP contribution in [0.15, 0.2) is 77.9 Å². The molecule has 1 aromatic heterocycles. The number of hydrogen-bond donors (Lipinski definition) is 3. The molecule has 0 bridgehead atoms. The van der Waals surface area contributed by atoms with E-state index in [1.165, 1.54) is 4.90 Å². The third-order valence-corrected chi connectivity index (χ3v) is 8.28. The van der Waals surface area contributed by atoms with Crippen LogP contribution in [0.1, 0.15) is 66.3 Å². The molecular formula is C35H35ClN6O5. The molecule has 4 aromatic rings. The minimum atomic E-state index is -0.743. The van der Waals surface area contributed by atoms with Gasteiger partial charge in [-0.15, -0.1) is 0 Å². The number of carbonyl (C=O) groups excluding carboxylic acids is 4. The summed E-state index contributed by atoms with van der Waals surface area (Å²) >= 11 is 6.28. The zero-order valence-corrected chi connectivity index (χ0v) is 27.0. The Balaban J connectivity index is 1.58. The first-order chi connectivity index (χ1) is 22.4. The number of nitrogens with one attached hydrogen (secondary N) is 2. The van der Waals surface area contributed by atoms with Crippen LogP contribution in [0.4, 0.5) is 4.79 Å². The van der Waals surface area contributed by atoms with Gasteiger partial charge in [-0.05, 0) is 56.7 Å². The van der Waals surface area contributed by atoms with Gasteiger partial charge in [0.1, 0.15) is 29.8 Å². The maximum absolute atomic E-state index is 14.7. The number of aromatic nitrogens is 1. The highest BCUT2D eigenvalue weighted by Gasteiger charge is 2.46. The number of rotatable bonds is 7. The number of primary amides is 1. The Labute approximate surface area is 276 Å². The number of hydrogen-bond acceptors (Lipinski definition) is 6. The van der Waals surface area contributed by atoms with Gasteiger partial charge in [0.2, 0.25) is 11.8 Å². The molecule has 2 aliphatic rings. The Morgan fingerprint density at radius 1 is 1.06 bits per heavy atom. The largest absolute Gasteiger partial charge is 0.487 e. The Bertz CT molecular complexity index is 1910. The third-order valence-electron chi connectivity index (χ3n) is 8.03. The first-order valence-electron chi connectivity index (χ1n) is 15.3. The average Bonchev–Trinajstić information content (AvgIpc) is 3.62. The van der Waals surface area contributed by atoms with E-state index in [4.69, 9.17) is 27.1 Å². The normalized spacial score (nSPS) is 18.2. The maximum Gasteiger partial charge on any atom is 0.326 e. The van der Waals surface area contributed by atoms with Gasteiger partial charge < -0.3 is 25.7 Å². The van der Waals surface area contributed by atoms with Crippen molar-refractivity contribution in [1.82, 2.24) is 20.1 Å². The first-order valence-corrected chi connectivity index (χ1v) is 15.7. The fraction of sp³-hybridized carbons (Fsp3) is 0.286. The number of ketones is 1. The molecule has 47 heavy (non-hydrogen) atoms. The van der Waals surface area contributed by atoms with E-state index in [-0.39, 0.29) is 18.0 Å². The number of aliphatic imine (C=N–C) groups is 1. The van der Waals surface area contributed by atoms with Crippen LogP contribution >= 0.6 is 11.6 Å². The average molecular weight is 655 g/mol. The van der Waals surface area contributed by atoms with Crippen molar-refractivity contribution in [2.24, 2.45) is 10.7 Å². The highest BCUT2D eigenvalue weighted by Crippen LogP contribution is 2.47. The van der Waals surface area contributed by atoms with Crippen molar-refractivity contribution >= 4 is 52.0 Å². The molecule has 11 nitrogen and oxygen atoms in total. The van der Waals surface area contributed by atoms with Crippen LogP contribution in [0.2, 0.25) is 5.02 Å². The number of halogens is 1. The Morgan fingerprint density at radius 2 is 1.81 bits per heavy atom. The molecular weight excluding hydrogens is 620 g/mol. The van der Waals surface area contributed by atoms with Crippen LogP contribution in [0.5, 0.6) is 5.75 Å². The van der Waals surface area contributed by atoms with E-state index in [2.05, 4.69) is 10.3 Å². The first kappa shape index (κ1) is 31.8. The summed E-state index contributed by atoms with van der Waals surface area (Å²) in [6.45, 7) is 6.12. The van der Waals surface area contributed by atoms with Gasteiger partial charge in [-0.25, -0.2) is 4.79 Å². The summed E-state index contributed by atoms with van der Waals surface area (Å²) in [5.74, 6) is -0.847. The van der Waals surface area contributed by atoms with Crippen LogP contribution < -0.4 is 15.8 Å². The van der Waals surface area contributed by atoms with E-state index in [1.807, 2.05) is 63.4 Å². The van der Waals surface area contributed by atoms with E-state index in [1.54, 1.807) is 35.2 Å². The highest BCUT2D eigenvalue weighted by atomic mass is 35.5. The number of nitrogens with two attached hydrogens (primary N) is 1. The van der Waals surface area contributed by atoms with Crippen LogP contribution in [-0.4, -0.2) is 69.5 Å². The molecule has 0 saturated carbocycles. The number of H-pyrrole nitrogens is 1. The number of benzene rings is 3. The van der Waals surface area contributed by atoms with E-state index in [9.17, 15) is 19.2 Å². The van der Waals surface area contributed by atoms with E-state index in [0.29, 0.717) is 35.3 Å². The number of amides is 4. The van der Waals surface area contributed by atoms with Gasteiger partial charge in [-0.2, -0.15) is 0 Å². The fourth-order valence-corrected chi connectivity index (χ4v) is 6.15. The maximum atomic E-state index is 14.7. The number of Topliss-reactive ketones (excluding diaryl/α,β-unsaturated/α-hetero) is 1. The molecule has 0 spiro atoms. The second kappa shape index (κ2) is 12.6. The second-order valence-electron chi connectivity index (χ2n) is 12.6. The van der Waals surface area contributed by atoms with Crippen LogP contribution in [-0.2, 0) is 9.59 Å². The van der Waals surface area contributed by atoms with Gasteiger partial charge in [0, 0.05) is 46.3 Å². The lowest BCUT2D eigenvalue weighted by atomic mass is 9.93. The summed E-state index contributed by atoms with van der Waals surface area (Å²) < 4.78 is 6.40. The summed E-state index contributed by atoms with van der Waals surface area (Å²) in [7, 11) is 0. The van der Waals surface area contributed by atoms with Crippen molar-refractivity contribution < 1.29 is 23.9 Å². The quantitative estimate of drug-likeness (QED) is 0.186. The van der Waals surface area contributed by atoms with Crippen LogP contribution in [0.3, 0.4) is 0 Å². The summed E-state index contributed by atoms with van der Waals surface area (Å²) in [4.78, 5) is 63.4. The van der Waals surface area contributed by atoms with Crippen molar-refractivity contribution in [3.8, 4) is 5.75 Å². The number of ether oxygens (including phenoxy) is 1. The smallest absolute Gasteiger partial charge is 0.326 e. The summed E-state index contributed by atoms with van der Waals surface area (Å²) in [6.07, 6.45) is 1.43. The van der Waals surface area contributed by atoms with Crippen molar-refractivity contribution in [3.63, 3.8) is 0 Å². The van der Waals surface area contributed by atoms with Gasteiger partial charge in [0.25, 0.3) is 0 Å². The lowest BCUT2D eigenvalue weighted by Gasteiger charge is -2.36. The molecule has 4 amide bonds. The van der Waals surface area contributed by atoms with Crippen molar-refractivity contribution in [2.75, 3.05) is 19.6 Å². The molecule has 4 N–H and O–H groups in total. The fourth-order valence-electron chi connectivity index (χ4n) is 6.02. The summed E-state index contributed by atoms with van der Waals surface area (Å²) in [5.41, 5.74) is 7.86. The number of nitrogens with zero attached hydrogens (tertiary/aromatic N) is 3. The molecule has 1 fully saturated rings. The predicted molar refractivity (Wildman–Crippen MR) is 179 cm³/mol. The van der Waals surface area contributed by atoms with Gasteiger partial charge >= 0.3 is 6.03 Å². The van der Waals surface area contributed by atoms with E-state index in [0.717, 1.165) is 22.0 Å². The topological polar surface area (TPSA) is 150 Å². The SMILES string of the molecule is CC(C)(C)Oc1cc(C(=O)CC(N)=O)ccc1C1=N[C@@H](c2ccc(Cl)cc2)[C@@H](c2c[nH]c3ccccc23)N1C(=O)N1CCNC(=O)C1. The van der Waals surface area contributed by atoms with Crippen molar-refractivity contribution in [1.29, 1.82) is 0 Å². The third kappa shape index (κ3) is 6.57. The molecule has 12 heteroatoms.